The molecule has 2 rings (SSSR count). The van der Waals surface area contributed by atoms with Crippen molar-refractivity contribution in [3.63, 3.8) is 0 Å². The van der Waals surface area contributed by atoms with Crippen LogP contribution < -0.4 is 5.32 Å². The van der Waals surface area contributed by atoms with Gasteiger partial charge in [0.05, 0.1) is 17.5 Å². The molecular weight excluding hydrogens is 328 g/mol. The quantitative estimate of drug-likeness (QED) is 0.642. The summed E-state index contributed by atoms with van der Waals surface area (Å²) in [6.45, 7) is 6.10. The van der Waals surface area contributed by atoms with Gasteiger partial charge >= 0.3 is 0 Å². The standard InChI is InChI=1S/C16H18N4OS2/c1-4-14-19-10(2)13(8-17)16(20-14)23-11(3)15(21)18-9-12-6-5-7-22-12/h5-7,11H,4,9H2,1-3H3,(H,18,21)/t11-/m0/s1. The number of amides is 1. The number of thiophene rings is 1. The van der Waals surface area contributed by atoms with Crippen LogP contribution in [0.2, 0.25) is 0 Å². The number of hydrogen-bond acceptors (Lipinski definition) is 6. The lowest BCUT2D eigenvalue weighted by Gasteiger charge is -2.13. The van der Waals surface area contributed by atoms with Gasteiger partial charge in [-0.2, -0.15) is 5.26 Å². The van der Waals surface area contributed by atoms with Crippen molar-refractivity contribution >= 4 is 29.0 Å². The minimum absolute atomic E-state index is 0.0680. The lowest BCUT2D eigenvalue weighted by atomic mass is 10.2. The second kappa shape index (κ2) is 8.09. The van der Waals surface area contributed by atoms with Gasteiger partial charge in [-0.05, 0) is 25.3 Å². The lowest BCUT2D eigenvalue weighted by Crippen LogP contribution is -2.30. The molecule has 23 heavy (non-hydrogen) atoms. The number of aryl methyl sites for hydroxylation is 2. The Morgan fingerprint density at radius 2 is 2.30 bits per heavy atom. The summed E-state index contributed by atoms with van der Waals surface area (Å²) < 4.78 is 0. The number of aromatic nitrogens is 2. The van der Waals surface area contributed by atoms with Crippen LogP contribution in [0.5, 0.6) is 0 Å². The summed E-state index contributed by atoms with van der Waals surface area (Å²) in [4.78, 5) is 22.0. The number of carbonyl (C=O) groups excluding carboxylic acids is 1. The SMILES string of the molecule is CCc1nc(C)c(C#N)c(S[C@@H](C)C(=O)NCc2cccs2)n1. The normalized spacial score (nSPS) is 11.7. The average molecular weight is 346 g/mol. The number of nitriles is 1. The Hall–Kier alpha value is -1.91. The molecular formula is C16H18N4OS2. The molecule has 1 N–H and O–H groups in total. The molecule has 7 heteroatoms. The van der Waals surface area contributed by atoms with Crippen molar-refractivity contribution in [1.29, 1.82) is 5.26 Å². The second-order valence-electron chi connectivity index (χ2n) is 4.93. The summed E-state index contributed by atoms with van der Waals surface area (Å²) in [7, 11) is 0. The van der Waals surface area contributed by atoms with Crippen LogP contribution in [0.1, 0.15) is 35.8 Å². The third-order valence-corrected chi connectivity index (χ3v) is 5.17. The van der Waals surface area contributed by atoms with Gasteiger partial charge in [0.15, 0.2) is 0 Å². The summed E-state index contributed by atoms with van der Waals surface area (Å²) in [5, 5.41) is 14.4. The van der Waals surface area contributed by atoms with E-state index < -0.39 is 0 Å². The predicted octanol–water partition coefficient (Wildman–Crippen LogP) is 3.08. The van der Waals surface area contributed by atoms with E-state index in [9.17, 15) is 10.1 Å². The van der Waals surface area contributed by atoms with Crippen molar-refractivity contribution in [3.05, 3.63) is 39.5 Å². The number of carbonyl (C=O) groups is 1. The zero-order valence-electron chi connectivity index (χ0n) is 13.3. The van der Waals surface area contributed by atoms with Gasteiger partial charge < -0.3 is 5.32 Å². The van der Waals surface area contributed by atoms with E-state index in [1.165, 1.54) is 11.8 Å². The first-order valence-corrected chi connectivity index (χ1v) is 9.05. The fourth-order valence-electron chi connectivity index (χ4n) is 1.93. The summed E-state index contributed by atoms with van der Waals surface area (Å²) in [5.41, 5.74) is 1.11. The average Bonchev–Trinajstić information content (AvgIpc) is 3.05. The maximum Gasteiger partial charge on any atom is 0.233 e. The van der Waals surface area contributed by atoms with Crippen LogP contribution in [0.3, 0.4) is 0 Å². The Labute approximate surface area is 144 Å². The molecule has 0 radical (unpaired) electrons. The van der Waals surface area contributed by atoms with Crippen LogP contribution in [0.15, 0.2) is 22.5 Å². The molecule has 0 aliphatic rings. The number of hydrogen-bond donors (Lipinski definition) is 1. The molecule has 2 aromatic heterocycles. The molecule has 0 aromatic carbocycles. The van der Waals surface area contributed by atoms with Crippen LogP contribution in [-0.4, -0.2) is 21.1 Å². The van der Waals surface area contributed by atoms with E-state index in [0.29, 0.717) is 35.1 Å². The molecule has 0 fully saturated rings. The zero-order chi connectivity index (χ0) is 16.8. The minimum atomic E-state index is -0.332. The van der Waals surface area contributed by atoms with Crippen molar-refractivity contribution in [2.45, 2.75) is 44.0 Å². The van der Waals surface area contributed by atoms with E-state index in [4.69, 9.17) is 0 Å². The Kier molecular flexibility index (Phi) is 6.13. The monoisotopic (exact) mass is 346 g/mol. The zero-order valence-corrected chi connectivity index (χ0v) is 14.9. The largest absolute Gasteiger partial charge is 0.350 e. The Morgan fingerprint density at radius 3 is 2.91 bits per heavy atom. The molecule has 0 spiro atoms. The van der Waals surface area contributed by atoms with Gasteiger partial charge in [-0.3, -0.25) is 4.79 Å². The molecule has 1 amide bonds. The summed E-state index contributed by atoms with van der Waals surface area (Å²) in [6, 6.07) is 6.08. The number of nitrogens with zero attached hydrogens (tertiary/aromatic N) is 3. The molecule has 1 atom stereocenters. The van der Waals surface area contributed by atoms with Gasteiger partial charge in [0.2, 0.25) is 5.91 Å². The van der Waals surface area contributed by atoms with Gasteiger partial charge in [-0.1, -0.05) is 24.8 Å². The van der Waals surface area contributed by atoms with Crippen LogP contribution in [0.25, 0.3) is 0 Å². The molecule has 0 saturated carbocycles. The highest BCUT2D eigenvalue weighted by Gasteiger charge is 2.19. The number of nitrogens with one attached hydrogen (secondary N) is 1. The molecule has 2 aromatic rings. The minimum Gasteiger partial charge on any atom is -0.350 e. The van der Waals surface area contributed by atoms with Crippen LogP contribution >= 0.6 is 23.1 Å². The van der Waals surface area contributed by atoms with E-state index in [-0.39, 0.29) is 11.2 Å². The van der Waals surface area contributed by atoms with Gasteiger partial charge in [-0.15, -0.1) is 11.3 Å². The summed E-state index contributed by atoms with van der Waals surface area (Å²) in [6.07, 6.45) is 0.694. The second-order valence-corrected chi connectivity index (χ2v) is 7.29. The topological polar surface area (TPSA) is 78.7 Å². The molecule has 2 heterocycles. The van der Waals surface area contributed by atoms with E-state index in [1.54, 1.807) is 18.3 Å². The van der Waals surface area contributed by atoms with E-state index in [2.05, 4.69) is 21.4 Å². The first kappa shape index (κ1) is 17.4. The molecule has 0 saturated heterocycles. The van der Waals surface area contributed by atoms with Crippen molar-refractivity contribution < 1.29 is 4.79 Å². The third-order valence-electron chi connectivity index (χ3n) is 3.21. The smallest absolute Gasteiger partial charge is 0.233 e. The molecule has 120 valence electrons. The third kappa shape index (κ3) is 4.53. The van der Waals surface area contributed by atoms with Crippen LogP contribution in [0, 0.1) is 18.3 Å². The van der Waals surface area contributed by atoms with Crippen molar-refractivity contribution in [2.75, 3.05) is 0 Å². The summed E-state index contributed by atoms with van der Waals surface area (Å²) in [5.74, 6) is 0.622. The maximum atomic E-state index is 12.2. The Bertz CT molecular complexity index is 722. The molecule has 0 aliphatic heterocycles. The highest BCUT2D eigenvalue weighted by molar-refractivity contribution is 8.00. The Balaban J connectivity index is 2.07. The fraction of sp³-hybridized carbons (Fsp3) is 0.375. The van der Waals surface area contributed by atoms with Crippen molar-refractivity contribution in [2.24, 2.45) is 0 Å². The van der Waals surface area contributed by atoms with E-state index in [1.807, 2.05) is 31.4 Å². The maximum absolute atomic E-state index is 12.2. The van der Waals surface area contributed by atoms with Gasteiger partial charge in [-0.25, -0.2) is 9.97 Å². The number of rotatable bonds is 6. The van der Waals surface area contributed by atoms with Gasteiger partial charge in [0.25, 0.3) is 0 Å². The van der Waals surface area contributed by atoms with Crippen LogP contribution in [-0.2, 0) is 17.8 Å². The van der Waals surface area contributed by atoms with Gasteiger partial charge in [0, 0.05) is 11.3 Å². The lowest BCUT2D eigenvalue weighted by molar-refractivity contribution is -0.120. The van der Waals surface area contributed by atoms with Gasteiger partial charge in [0.1, 0.15) is 22.5 Å². The highest BCUT2D eigenvalue weighted by Crippen LogP contribution is 2.26. The summed E-state index contributed by atoms with van der Waals surface area (Å²) >= 11 is 2.91. The Morgan fingerprint density at radius 1 is 1.52 bits per heavy atom. The van der Waals surface area contributed by atoms with Crippen molar-refractivity contribution in [1.82, 2.24) is 15.3 Å². The predicted molar refractivity (Wildman–Crippen MR) is 92.3 cm³/mol. The molecule has 5 nitrogen and oxygen atoms in total. The first-order chi connectivity index (χ1) is 11.0. The number of thioether (sulfide) groups is 1. The molecule has 0 bridgehead atoms. The first-order valence-electron chi connectivity index (χ1n) is 7.29. The van der Waals surface area contributed by atoms with Crippen molar-refractivity contribution in [3.8, 4) is 6.07 Å². The molecule has 0 unspecified atom stereocenters. The molecule has 0 aliphatic carbocycles. The highest BCUT2D eigenvalue weighted by atomic mass is 32.2. The van der Waals surface area contributed by atoms with E-state index in [0.717, 1.165) is 4.88 Å². The fourth-order valence-corrected chi connectivity index (χ4v) is 3.57. The van der Waals surface area contributed by atoms with E-state index >= 15 is 0 Å². The van der Waals surface area contributed by atoms with Crippen LogP contribution in [0.4, 0.5) is 0 Å².